The number of hydrogen-bond donors (Lipinski definition) is 2. The SMILES string of the molecule is CCCOCCNCC(NC(=O)N(C)Cc1csc(C(C)C)n1)C(=O)C(C)C. The van der Waals surface area contributed by atoms with E-state index in [1.54, 1.807) is 23.3 Å². The third-order valence-corrected chi connectivity index (χ3v) is 5.33. The van der Waals surface area contributed by atoms with Gasteiger partial charge in [0.05, 0.1) is 23.9 Å². The maximum atomic E-state index is 12.6. The number of urea groups is 1. The molecule has 0 spiro atoms. The molecule has 2 N–H and O–H groups in total. The van der Waals surface area contributed by atoms with Gasteiger partial charge in [0.25, 0.3) is 0 Å². The maximum Gasteiger partial charge on any atom is 0.318 e. The number of amides is 2. The first-order valence-electron chi connectivity index (χ1n) is 10.0. The number of carbonyl (C=O) groups is 2. The van der Waals surface area contributed by atoms with Crippen LogP contribution in [0, 0.1) is 5.92 Å². The summed E-state index contributed by atoms with van der Waals surface area (Å²) in [6.07, 6.45) is 0.981. The van der Waals surface area contributed by atoms with Crippen molar-refractivity contribution in [1.29, 1.82) is 0 Å². The number of carbonyl (C=O) groups excluding carboxylic acids is 2. The van der Waals surface area contributed by atoms with Crippen molar-refractivity contribution in [3.8, 4) is 0 Å². The van der Waals surface area contributed by atoms with Crippen LogP contribution in [0.2, 0.25) is 0 Å². The van der Waals surface area contributed by atoms with Gasteiger partial charge in [-0.05, 0) is 6.42 Å². The fourth-order valence-corrected chi connectivity index (χ4v) is 3.32. The largest absolute Gasteiger partial charge is 0.380 e. The number of nitrogens with one attached hydrogen (secondary N) is 2. The van der Waals surface area contributed by atoms with Gasteiger partial charge in [-0.2, -0.15) is 0 Å². The lowest BCUT2D eigenvalue weighted by Crippen LogP contribution is -2.52. The molecular weight excluding hydrogens is 376 g/mol. The molecular formula is C20H36N4O3S. The van der Waals surface area contributed by atoms with Crippen LogP contribution in [0.25, 0.3) is 0 Å². The van der Waals surface area contributed by atoms with Crippen LogP contribution in [-0.2, 0) is 16.1 Å². The van der Waals surface area contributed by atoms with Crippen LogP contribution in [0.1, 0.15) is 57.7 Å². The molecule has 160 valence electrons. The van der Waals surface area contributed by atoms with Crippen molar-refractivity contribution in [1.82, 2.24) is 20.5 Å². The Bertz CT molecular complexity index is 604. The van der Waals surface area contributed by atoms with Gasteiger partial charge in [0.2, 0.25) is 0 Å². The summed E-state index contributed by atoms with van der Waals surface area (Å²) in [4.78, 5) is 31.2. The Morgan fingerprint density at radius 3 is 2.54 bits per heavy atom. The Morgan fingerprint density at radius 2 is 1.96 bits per heavy atom. The molecule has 1 heterocycles. The summed E-state index contributed by atoms with van der Waals surface area (Å²) in [6, 6.07) is -0.843. The molecule has 1 aromatic rings. The molecule has 1 rings (SSSR count). The van der Waals surface area contributed by atoms with Crippen molar-refractivity contribution in [3.63, 3.8) is 0 Å². The van der Waals surface area contributed by atoms with E-state index in [1.165, 1.54) is 0 Å². The van der Waals surface area contributed by atoms with Gasteiger partial charge in [0.15, 0.2) is 5.78 Å². The smallest absolute Gasteiger partial charge is 0.318 e. The van der Waals surface area contributed by atoms with E-state index >= 15 is 0 Å². The summed E-state index contributed by atoms with van der Waals surface area (Å²) in [5, 5.41) is 9.10. The van der Waals surface area contributed by atoms with Gasteiger partial charge >= 0.3 is 6.03 Å². The number of nitrogens with zero attached hydrogens (tertiary/aromatic N) is 2. The van der Waals surface area contributed by atoms with Crippen LogP contribution < -0.4 is 10.6 Å². The lowest BCUT2D eigenvalue weighted by molar-refractivity contribution is -0.123. The van der Waals surface area contributed by atoms with Gasteiger partial charge in [-0.1, -0.05) is 34.6 Å². The van der Waals surface area contributed by atoms with E-state index in [-0.39, 0.29) is 17.7 Å². The van der Waals surface area contributed by atoms with E-state index in [9.17, 15) is 9.59 Å². The summed E-state index contributed by atoms with van der Waals surface area (Å²) in [5.74, 6) is 0.235. The van der Waals surface area contributed by atoms with Crippen LogP contribution in [0.3, 0.4) is 0 Å². The molecule has 7 nitrogen and oxygen atoms in total. The van der Waals surface area contributed by atoms with E-state index in [0.717, 1.165) is 23.7 Å². The number of aromatic nitrogens is 1. The topological polar surface area (TPSA) is 83.6 Å². The van der Waals surface area contributed by atoms with Gasteiger partial charge in [0, 0.05) is 44.0 Å². The first kappa shape index (κ1) is 24.5. The molecule has 0 saturated heterocycles. The van der Waals surface area contributed by atoms with Crippen LogP contribution >= 0.6 is 11.3 Å². The summed E-state index contributed by atoms with van der Waals surface area (Å²) in [7, 11) is 1.71. The van der Waals surface area contributed by atoms with Crippen molar-refractivity contribution in [3.05, 3.63) is 16.1 Å². The second-order valence-electron chi connectivity index (χ2n) is 7.56. The van der Waals surface area contributed by atoms with Gasteiger partial charge in [-0.3, -0.25) is 4.79 Å². The third-order valence-electron chi connectivity index (χ3n) is 4.14. The van der Waals surface area contributed by atoms with Crippen molar-refractivity contribution < 1.29 is 14.3 Å². The fraction of sp³-hybridized carbons (Fsp3) is 0.750. The Kier molecular flexibility index (Phi) is 11.3. The highest BCUT2D eigenvalue weighted by Crippen LogP contribution is 2.19. The van der Waals surface area contributed by atoms with Crippen molar-refractivity contribution in [2.24, 2.45) is 5.92 Å². The molecule has 1 unspecified atom stereocenters. The van der Waals surface area contributed by atoms with Crippen molar-refractivity contribution >= 4 is 23.2 Å². The molecule has 0 saturated carbocycles. The Labute approximate surface area is 173 Å². The highest BCUT2D eigenvalue weighted by atomic mass is 32.1. The highest BCUT2D eigenvalue weighted by Gasteiger charge is 2.24. The minimum Gasteiger partial charge on any atom is -0.380 e. The molecule has 0 aromatic carbocycles. The van der Waals surface area contributed by atoms with E-state index in [0.29, 0.717) is 32.2 Å². The fourth-order valence-electron chi connectivity index (χ4n) is 2.50. The molecule has 0 fully saturated rings. The molecule has 8 heteroatoms. The molecule has 2 amide bonds. The number of Topliss-reactive ketones (excluding diaryl/α,β-unsaturated/α-hetero) is 1. The average molecular weight is 413 g/mol. The second-order valence-corrected chi connectivity index (χ2v) is 8.45. The lowest BCUT2D eigenvalue weighted by atomic mass is 10.0. The monoisotopic (exact) mass is 412 g/mol. The number of hydrogen-bond acceptors (Lipinski definition) is 6. The standard InChI is InChI=1S/C20H36N4O3S/c1-7-9-27-10-8-21-11-17(18(25)14(2)3)23-20(26)24(6)12-16-13-28-19(22-16)15(4)5/h13-15,17,21H,7-12H2,1-6H3,(H,23,26). The first-order valence-corrected chi connectivity index (χ1v) is 10.9. The van der Waals surface area contributed by atoms with Crippen LogP contribution in [0.5, 0.6) is 0 Å². The lowest BCUT2D eigenvalue weighted by Gasteiger charge is -2.24. The van der Waals surface area contributed by atoms with Gasteiger partial charge in [0.1, 0.15) is 6.04 Å². The Morgan fingerprint density at radius 1 is 1.25 bits per heavy atom. The minimum atomic E-state index is -0.567. The van der Waals surface area contributed by atoms with Crippen LogP contribution in [-0.4, -0.2) is 61.1 Å². The number of ketones is 1. The summed E-state index contributed by atoms with van der Waals surface area (Å²) in [5.41, 5.74) is 0.865. The summed E-state index contributed by atoms with van der Waals surface area (Å²) < 4.78 is 5.43. The summed E-state index contributed by atoms with van der Waals surface area (Å²) >= 11 is 1.61. The van der Waals surface area contributed by atoms with E-state index in [2.05, 4.69) is 36.4 Å². The van der Waals surface area contributed by atoms with E-state index in [1.807, 2.05) is 19.2 Å². The molecule has 0 bridgehead atoms. The van der Waals surface area contributed by atoms with Gasteiger partial charge < -0.3 is 20.3 Å². The zero-order valence-electron chi connectivity index (χ0n) is 18.1. The Hall–Kier alpha value is -1.51. The molecule has 0 aliphatic rings. The van der Waals surface area contributed by atoms with Crippen LogP contribution in [0.4, 0.5) is 4.79 Å². The third kappa shape index (κ3) is 8.67. The average Bonchev–Trinajstić information content (AvgIpc) is 3.11. The molecule has 1 atom stereocenters. The number of rotatable bonds is 13. The molecule has 0 radical (unpaired) electrons. The van der Waals surface area contributed by atoms with E-state index < -0.39 is 6.04 Å². The molecule has 0 aliphatic heterocycles. The number of ether oxygens (including phenoxy) is 1. The van der Waals surface area contributed by atoms with E-state index in [4.69, 9.17) is 4.74 Å². The Balaban J connectivity index is 2.56. The summed E-state index contributed by atoms with van der Waals surface area (Å²) in [6.45, 7) is 12.7. The zero-order valence-corrected chi connectivity index (χ0v) is 18.9. The second kappa shape index (κ2) is 12.9. The van der Waals surface area contributed by atoms with Crippen LogP contribution in [0.15, 0.2) is 5.38 Å². The molecule has 28 heavy (non-hydrogen) atoms. The first-order chi connectivity index (χ1) is 13.3. The van der Waals surface area contributed by atoms with Crippen molar-refractivity contribution in [2.45, 2.75) is 59.5 Å². The molecule has 0 aliphatic carbocycles. The minimum absolute atomic E-state index is 0.0134. The van der Waals surface area contributed by atoms with Gasteiger partial charge in [-0.15, -0.1) is 11.3 Å². The highest BCUT2D eigenvalue weighted by molar-refractivity contribution is 7.09. The predicted molar refractivity (Wildman–Crippen MR) is 114 cm³/mol. The number of thiazole rings is 1. The maximum absolute atomic E-state index is 12.6. The molecule has 1 aromatic heterocycles. The normalized spacial score (nSPS) is 12.4. The zero-order chi connectivity index (χ0) is 21.1. The predicted octanol–water partition coefficient (Wildman–Crippen LogP) is 3.02. The van der Waals surface area contributed by atoms with Crippen molar-refractivity contribution in [2.75, 3.05) is 33.4 Å². The quantitative estimate of drug-likeness (QED) is 0.487. The van der Waals surface area contributed by atoms with Gasteiger partial charge in [-0.25, -0.2) is 9.78 Å².